The van der Waals surface area contributed by atoms with Gasteiger partial charge in [-0.05, 0) is 57.7 Å². The van der Waals surface area contributed by atoms with Gasteiger partial charge in [0.05, 0.1) is 0 Å². The van der Waals surface area contributed by atoms with Gasteiger partial charge in [0.2, 0.25) is 5.91 Å². The lowest BCUT2D eigenvalue weighted by atomic mass is 9.79. The third kappa shape index (κ3) is 4.46. The standard InChI is InChI=1S/C15H29N3O/c1-18-8-6-13(11-18)10-17-15(19)14-4-2-3-12(9-14)5-7-16/h12-14H,2-11,16H2,1H3,(H,17,19). The van der Waals surface area contributed by atoms with Crippen LogP contribution < -0.4 is 11.1 Å². The minimum atomic E-state index is 0.240. The molecule has 4 nitrogen and oxygen atoms in total. The monoisotopic (exact) mass is 267 g/mol. The van der Waals surface area contributed by atoms with Crippen LogP contribution in [0, 0.1) is 17.8 Å². The fourth-order valence-corrected chi connectivity index (χ4v) is 3.61. The van der Waals surface area contributed by atoms with Crippen LogP contribution in [0.5, 0.6) is 0 Å². The van der Waals surface area contributed by atoms with Crippen LogP contribution in [0.2, 0.25) is 0 Å². The van der Waals surface area contributed by atoms with Gasteiger partial charge < -0.3 is 16.0 Å². The second kappa shape index (κ2) is 7.25. The van der Waals surface area contributed by atoms with E-state index in [9.17, 15) is 4.79 Å². The molecule has 3 unspecified atom stereocenters. The maximum absolute atomic E-state index is 12.2. The Morgan fingerprint density at radius 3 is 2.84 bits per heavy atom. The maximum atomic E-state index is 12.2. The summed E-state index contributed by atoms with van der Waals surface area (Å²) >= 11 is 0. The summed E-state index contributed by atoms with van der Waals surface area (Å²) in [7, 11) is 2.15. The van der Waals surface area contributed by atoms with Gasteiger partial charge in [0.1, 0.15) is 0 Å². The van der Waals surface area contributed by atoms with E-state index in [-0.39, 0.29) is 11.8 Å². The molecule has 1 saturated heterocycles. The van der Waals surface area contributed by atoms with Gasteiger partial charge in [0.25, 0.3) is 0 Å². The first-order chi connectivity index (χ1) is 9.19. The van der Waals surface area contributed by atoms with E-state index in [0.717, 1.165) is 38.9 Å². The van der Waals surface area contributed by atoms with Crippen molar-refractivity contribution < 1.29 is 4.79 Å². The second-order valence-corrected chi connectivity index (χ2v) is 6.47. The highest BCUT2D eigenvalue weighted by molar-refractivity contribution is 5.78. The Morgan fingerprint density at radius 1 is 1.32 bits per heavy atom. The van der Waals surface area contributed by atoms with Crippen molar-refractivity contribution in [3.63, 3.8) is 0 Å². The summed E-state index contributed by atoms with van der Waals surface area (Å²) in [6, 6.07) is 0. The number of hydrogen-bond acceptors (Lipinski definition) is 3. The van der Waals surface area contributed by atoms with Crippen molar-refractivity contribution >= 4 is 5.91 Å². The first-order valence-corrected chi connectivity index (χ1v) is 7.85. The molecule has 1 saturated carbocycles. The van der Waals surface area contributed by atoms with Crippen LogP contribution >= 0.6 is 0 Å². The molecule has 110 valence electrons. The van der Waals surface area contributed by atoms with Gasteiger partial charge in [-0.3, -0.25) is 4.79 Å². The number of carbonyl (C=O) groups excluding carboxylic acids is 1. The lowest BCUT2D eigenvalue weighted by Gasteiger charge is -2.28. The van der Waals surface area contributed by atoms with Gasteiger partial charge in [0, 0.05) is 19.0 Å². The maximum Gasteiger partial charge on any atom is 0.223 e. The molecule has 2 fully saturated rings. The van der Waals surface area contributed by atoms with E-state index in [1.165, 1.54) is 25.8 Å². The molecule has 1 heterocycles. The van der Waals surface area contributed by atoms with Gasteiger partial charge in [-0.25, -0.2) is 0 Å². The second-order valence-electron chi connectivity index (χ2n) is 6.47. The van der Waals surface area contributed by atoms with Gasteiger partial charge in [-0.2, -0.15) is 0 Å². The molecule has 3 atom stereocenters. The molecule has 0 aromatic rings. The van der Waals surface area contributed by atoms with Crippen LogP contribution in [-0.4, -0.2) is 44.0 Å². The number of hydrogen-bond donors (Lipinski definition) is 2. The summed E-state index contributed by atoms with van der Waals surface area (Å²) in [5, 5.41) is 3.18. The average Bonchev–Trinajstić information content (AvgIpc) is 2.82. The highest BCUT2D eigenvalue weighted by atomic mass is 16.1. The lowest BCUT2D eigenvalue weighted by molar-refractivity contribution is -0.126. The molecule has 0 aromatic carbocycles. The number of likely N-dealkylation sites (tertiary alicyclic amines) is 1. The van der Waals surface area contributed by atoms with E-state index >= 15 is 0 Å². The number of nitrogens with two attached hydrogens (primary N) is 1. The molecule has 1 aliphatic carbocycles. The first-order valence-electron chi connectivity index (χ1n) is 7.85. The Labute approximate surface area is 117 Å². The quantitative estimate of drug-likeness (QED) is 0.787. The predicted octanol–water partition coefficient (Wildman–Crippen LogP) is 1.21. The number of carbonyl (C=O) groups is 1. The van der Waals surface area contributed by atoms with Crippen molar-refractivity contribution in [2.75, 3.05) is 33.2 Å². The van der Waals surface area contributed by atoms with E-state index in [1.807, 2.05) is 0 Å². The lowest BCUT2D eigenvalue weighted by Crippen LogP contribution is -2.37. The molecular weight excluding hydrogens is 238 g/mol. The highest BCUT2D eigenvalue weighted by Crippen LogP contribution is 2.31. The number of nitrogens with zero attached hydrogens (tertiary/aromatic N) is 1. The molecule has 0 spiro atoms. The fraction of sp³-hybridized carbons (Fsp3) is 0.933. The third-order valence-corrected chi connectivity index (χ3v) is 4.78. The molecule has 4 heteroatoms. The number of nitrogens with one attached hydrogen (secondary N) is 1. The zero-order valence-corrected chi connectivity index (χ0v) is 12.2. The Balaban J connectivity index is 1.70. The largest absolute Gasteiger partial charge is 0.356 e. The Bertz CT molecular complexity index is 293. The van der Waals surface area contributed by atoms with E-state index in [4.69, 9.17) is 5.73 Å². The molecule has 3 N–H and O–H groups in total. The third-order valence-electron chi connectivity index (χ3n) is 4.78. The molecule has 0 radical (unpaired) electrons. The molecule has 1 aliphatic heterocycles. The zero-order chi connectivity index (χ0) is 13.7. The first kappa shape index (κ1) is 14.8. The van der Waals surface area contributed by atoms with E-state index in [0.29, 0.717) is 11.8 Å². The molecule has 0 bridgehead atoms. The topological polar surface area (TPSA) is 58.4 Å². The van der Waals surface area contributed by atoms with Crippen LogP contribution in [0.4, 0.5) is 0 Å². The average molecular weight is 267 g/mol. The van der Waals surface area contributed by atoms with Crippen LogP contribution in [0.1, 0.15) is 38.5 Å². The molecule has 2 rings (SSSR count). The van der Waals surface area contributed by atoms with Crippen molar-refractivity contribution in [2.24, 2.45) is 23.5 Å². The summed E-state index contributed by atoms with van der Waals surface area (Å²) in [6.45, 7) is 3.91. The Hall–Kier alpha value is -0.610. The van der Waals surface area contributed by atoms with E-state index < -0.39 is 0 Å². The van der Waals surface area contributed by atoms with Crippen LogP contribution in [0.25, 0.3) is 0 Å². The Kier molecular flexibility index (Phi) is 5.64. The van der Waals surface area contributed by atoms with Crippen molar-refractivity contribution in [1.29, 1.82) is 0 Å². The fourth-order valence-electron chi connectivity index (χ4n) is 3.61. The molecule has 2 aliphatic rings. The Morgan fingerprint density at radius 2 is 2.16 bits per heavy atom. The minimum Gasteiger partial charge on any atom is -0.356 e. The van der Waals surface area contributed by atoms with Gasteiger partial charge in [-0.1, -0.05) is 12.8 Å². The van der Waals surface area contributed by atoms with Gasteiger partial charge in [0.15, 0.2) is 0 Å². The van der Waals surface area contributed by atoms with Gasteiger partial charge in [-0.15, -0.1) is 0 Å². The summed E-state index contributed by atoms with van der Waals surface area (Å²) in [5.74, 6) is 1.85. The molecular formula is C15H29N3O. The zero-order valence-electron chi connectivity index (χ0n) is 12.2. The highest BCUT2D eigenvalue weighted by Gasteiger charge is 2.27. The number of amides is 1. The summed E-state index contributed by atoms with van der Waals surface area (Å²) in [5.41, 5.74) is 5.63. The smallest absolute Gasteiger partial charge is 0.223 e. The summed E-state index contributed by atoms with van der Waals surface area (Å²) < 4.78 is 0. The van der Waals surface area contributed by atoms with Crippen molar-refractivity contribution in [3.05, 3.63) is 0 Å². The normalized spacial score (nSPS) is 32.4. The minimum absolute atomic E-state index is 0.240. The predicted molar refractivity (Wildman–Crippen MR) is 77.7 cm³/mol. The van der Waals surface area contributed by atoms with Crippen molar-refractivity contribution in [1.82, 2.24) is 10.2 Å². The SMILES string of the molecule is CN1CCC(CNC(=O)C2CCCC(CCN)C2)C1. The van der Waals surface area contributed by atoms with E-state index in [2.05, 4.69) is 17.3 Å². The van der Waals surface area contributed by atoms with Crippen LogP contribution in [0.3, 0.4) is 0 Å². The molecule has 0 aromatic heterocycles. The molecule has 19 heavy (non-hydrogen) atoms. The summed E-state index contributed by atoms with van der Waals surface area (Å²) in [6.07, 6.45) is 6.86. The van der Waals surface area contributed by atoms with Crippen LogP contribution in [-0.2, 0) is 4.79 Å². The van der Waals surface area contributed by atoms with Gasteiger partial charge >= 0.3 is 0 Å². The number of rotatable bonds is 5. The van der Waals surface area contributed by atoms with Crippen LogP contribution in [0.15, 0.2) is 0 Å². The van der Waals surface area contributed by atoms with Crippen molar-refractivity contribution in [3.8, 4) is 0 Å². The molecule has 1 amide bonds. The summed E-state index contributed by atoms with van der Waals surface area (Å²) in [4.78, 5) is 14.6. The van der Waals surface area contributed by atoms with E-state index in [1.54, 1.807) is 0 Å². The van der Waals surface area contributed by atoms with Crippen molar-refractivity contribution in [2.45, 2.75) is 38.5 Å².